The van der Waals surface area contributed by atoms with Gasteiger partial charge in [-0.05, 0) is 110 Å². The Morgan fingerprint density at radius 1 is 1.08 bits per heavy atom. The van der Waals surface area contributed by atoms with Crippen LogP contribution in [0.2, 0.25) is 0 Å². The molecular formula is C29H47NO5S. The van der Waals surface area contributed by atoms with Crippen LogP contribution in [0.15, 0.2) is 0 Å². The third kappa shape index (κ3) is 5.12. The van der Waals surface area contributed by atoms with Crippen LogP contribution in [0.5, 0.6) is 0 Å². The number of aliphatic hydroxyl groups is 1. The molecule has 0 aromatic carbocycles. The van der Waals surface area contributed by atoms with Crippen molar-refractivity contribution in [3.8, 4) is 0 Å². The predicted molar refractivity (Wildman–Crippen MR) is 143 cm³/mol. The number of carbonyl (C=O) groups is 3. The molecule has 36 heavy (non-hydrogen) atoms. The van der Waals surface area contributed by atoms with Gasteiger partial charge in [0.05, 0.1) is 6.10 Å². The molecule has 4 rings (SSSR count). The molecule has 0 aromatic heterocycles. The molecule has 4 fully saturated rings. The van der Waals surface area contributed by atoms with E-state index in [9.17, 15) is 24.6 Å². The number of nitrogens with one attached hydrogen (secondary N) is 1. The number of hydrogen-bond acceptors (Lipinski definition) is 5. The third-order valence-electron chi connectivity index (χ3n) is 11.3. The van der Waals surface area contributed by atoms with Gasteiger partial charge in [0, 0.05) is 18.8 Å². The van der Waals surface area contributed by atoms with Gasteiger partial charge in [0.2, 0.25) is 5.91 Å². The molecule has 0 radical (unpaired) electrons. The van der Waals surface area contributed by atoms with Gasteiger partial charge in [-0.3, -0.25) is 9.59 Å². The normalized spacial score (nSPS) is 41.5. The van der Waals surface area contributed by atoms with Crippen molar-refractivity contribution in [1.82, 2.24) is 5.32 Å². The largest absolute Gasteiger partial charge is 0.480 e. The van der Waals surface area contributed by atoms with E-state index in [4.69, 9.17) is 0 Å². The molecule has 10 atom stereocenters. The van der Waals surface area contributed by atoms with Gasteiger partial charge in [0.25, 0.3) is 0 Å². The van der Waals surface area contributed by atoms with Crippen molar-refractivity contribution >= 4 is 29.4 Å². The van der Waals surface area contributed by atoms with Gasteiger partial charge in [0.15, 0.2) is 0 Å². The van der Waals surface area contributed by atoms with Crippen LogP contribution < -0.4 is 5.32 Å². The Hall–Kier alpha value is -1.08. The molecule has 204 valence electrons. The number of rotatable bonds is 9. The minimum absolute atomic E-state index is 0.131. The van der Waals surface area contributed by atoms with Crippen molar-refractivity contribution in [3.63, 3.8) is 0 Å². The SMILES string of the molecule is CSCC[C@H](NC(=O)CC[C@@H](C)[C@H]1CC[C@H]2[C@@H]3C(=O)C[C@@H]4C[C@H](O)CC[C@]4(C)[C@H]3CC[C@]12C)C(=O)O. The number of hydrogen-bond donors (Lipinski definition) is 3. The first kappa shape index (κ1) is 27.9. The van der Waals surface area contributed by atoms with Crippen molar-refractivity contribution in [2.75, 3.05) is 12.0 Å². The van der Waals surface area contributed by atoms with E-state index >= 15 is 0 Å². The maximum absolute atomic E-state index is 13.6. The molecule has 0 heterocycles. The first-order valence-corrected chi connectivity index (χ1v) is 15.6. The summed E-state index contributed by atoms with van der Waals surface area (Å²) >= 11 is 1.58. The molecule has 7 heteroatoms. The number of amides is 1. The first-order valence-electron chi connectivity index (χ1n) is 14.2. The molecule has 4 aliphatic carbocycles. The van der Waals surface area contributed by atoms with Crippen molar-refractivity contribution in [3.05, 3.63) is 0 Å². The Labute approximate surface area is 221 Å². The summed E-state index contributed by atoms with van der Waals surface area (Å²) in [5, 5.41) is 22.4. The second kappa shape index (κ2) is 11.0. The van der Waals surface area contributed by atoms with Gasteiger partial charge >= 0.3 is 5.97 Å². The van der Waals surface area contributed by atoms with E-state index in [1.54, 1.807) is 11.8 Å². The fourth-order valence-corrected chi connectivity index (χ4v) is 9.68. The van der Waals surface area contributed by atoms with Crippen molar-refractivity contribution in [1.29, 1.82) is 0 Å². The maximum atomic E-state index is 13.6. The molecule has 0 spiro atoms. The third-order valence-corrected chi connectivity index (χ3v) is 11.9. The van der Waals surface area contributed by atoms with E-state index in [1.807, 2.05) is 6.26 Å². The van der Waals surface area contributed by atoms with Crippen molar-refractivity contribution in [2.24, 2.45) is 46.3 Å². The lowest BCUT2D eigenvalue weighted by molar-refractivity contribution is -0.160. The van der Waals surface area contributed by atoms with Crippen LogP contribution in [0, 0.1) is 46.3 Å². The number of aliphatic hydroxyl groups excluding tert-OH is 1. The Kier molecular flexibility index (Phi) is 8.50. The highest BCUT2D eigenvalue weighted by Crippen LogP contribution is 2.67. The standard InChI is InChI=1S/C29H47NO5S/c1-17(5-8-25(33)30-23(27(34)35)11-14-36-4)20-6-7-21-26-22(10-13-29(20,21)3)28(2)12-9-19(31)15-18(28)16-24(26)32/h17-23,26,31H,5-16H2,1-4H3,(H,30,33)(H,34,35)/t17-,18+,19-,20-,21+,22+,23+,26+,28+,29-/m1/s1. The van der Waals surface area contributed by atoms with Gasteiger partial charge in [-0.25, -0.2) is 4.79 Å². The van der Waals surface area contributed by atoms with Crippen LogP contribution in [0.25, 0.3) is 0 Å². The van der Waals surface area contributed by atoms with Crippen molar-refractivity contribution in [2.45, 2.75) is 104 Å². The molecule has 0 saturated heterocycles. The summed E-state index contributed by atoms with van der Waals surface area (Å²) in [6.45, 7) is 7.08. The summed E-state index contributed by atoms with van der Waals surface area (Å²) in [5.41, 5.74) is 0.309. The second-order valence-electron chi connectivity index (χ2n) is 13.0. The molecule has 4 saturated carbocycles. The molecule has 0 aromatic rings. The first-order chi connectivity index (χ1) is 17.0. The van der Waals surface area contributed by atoms with E-state index in [2.05, 4.69) is 26.1 Å². The summed E-state index contributed by atoms with van der Waals surface area (Å²) in [5.74, 6) is 2.25. The number of ketones is 1. The summed E-state index contributed by atoms with van der Waals surface area (Å²) in [6.07, 6.45) is 11.1. The van der Waals surface area contributed by atoms with E-state index < -0.39 is 12.0 Å². The van der Waals surface area contributed by atoms with Gasteiger partial charge in [-0.15, -0.1) is 0 Å². The number of Topliss-reactive ketones (excluding diaryl/α,β-unsaturated/α-hetero) is 1. The molecule has 1 amide bonds. The number of thioether (sulfide) groups is 1. The zero-order chi connectivity index (χ0) is 26.3. The molecule has 0 bridgehead atoms. The average Bonchev–Trinajstić information content (AvgIpc) is 3.18. The van der Waals surface area contributed by atoms with Crippen LogP contribution in [0.4, 0.5) is 0 Å². The minimum atomic E-state index is -0.964. The Balaban J connectivity index is 1.39. The van der Waals surface area contributed by atoms with Crippen LogP contribution in [0.3, 0.4) is 0 Å². The van der Waals surface area contributed by atoms with E-state index in [0.717, 1.165) is 51.4 Å². The molecule has 0 aliphatic heterocycles. The molecular weight excluding hydrogens is 474 g/mol. The lowest BCUT2D eigenvalue weighted by Crippen LogP contribution is -2.57. The zero-order valence-corrected chi connectivity index (χ0v) is 23.4. The topological polar surface area (TPSA) is 104 Å². The van der Waals surface area contributed by atoms with Gasteiger partial charge < -0.3 is 15.5 Å². The highest BCUT2D eigenvalue weighted by Gasteiger charge is 2.63. The summed E-state index contributed by atoms with van der Waals surface area (Å²) < 4.78 is 0. The number of fused-ring (bicyclic) bond motifs is 5. The predicted octanol–water partition coefficient (Wildman–Crippen LogP) is 4.92. The van der Waals surface area contributed by atoms with E-state index in [-0.39, 0.29) is 28.8 Å². The van der Waals surface area contributed by atoms with Gasteiger partial charge in [0.1, 0.15) is 11.8 Å². The fourth-order valence-electron chi connectivity index (χ4n) is 9.20. The Bertz CT molecular complexity index is 850. The van der Waals surface area contributed by atoms with E-state index in [1.165, 1.54) is 0 Å². The smallest absolute Gasteiger partial charge is 0.326 e. The summed E-state index contributed by atoms with van der Waals surface area (Å²) in [6, 6.07) is -0.813. The fraction of sp³-hybridized carbons (Fsp3) is 0.897. The Morgan fingerprint density at radius 3 is 2.47 bits per heavy atom. The van der Waals surface area contributed by atoms with Gasteiger partial charge in [-0.2, -0.15) is 11.8 Å². The number of aliphatic carboxylic acids is 1. The van der Waals surface area contributed by atoms with Gasteiger partial charge in [-0.1, -0.05) is 20.8 Å². The molecule has 6 nitrogen and oxygen atoms in total. The highest BCUT2D eigenvalue weighted by atomic mass is 32.2. The van der Waals surface area contributed by atoms with E-state index in [0.29, 0.717) is 60.4 Å². The minimum Gasteiger partial charge on any atom is -0.480 e. The van der Waals surface area contributed by atoms with Crippen LogP contribution in [0.1, 0.15) is 91.4 Å². The number of carbonyl (C=O) groups excluding carboxylic acids is 2. The highest BCUT2D eigenvalue weighted by molar-refractivity contribution is 7.98. The average molecular weight is 522 g/mol. The summed E-state index contributed by atoms with van der Waals surface area (Å²) in [7, 11) is 0. The zero-order valence-electron chi connectivity index (χ0n) is 22.6. The molecule has 0 unspecified atom stereocenters. The second-order valence-corrected chi connectivity index (χ2v) is 14.0. The Morgan fingerprint density at radius 2 is 1.78 bits per heavy atom. The summed E-state index contributed by atoms with van der Waals surface area (Å²) in [4.78, 5) is 37.6. The van der Waals surface area contributed by atoms with Crippen LogP contribution in [-0.2, 0) is 14.4 Å². The molecule has 3 N–H and O–H groups in total. The number of carboxylic acid groups (broad SMARTS) is 1. The van der Waals surface area contributed by atoms with Crippen LogP contribution >= 0.6 is 11.8 Å². The number of carboxylic acids is 1. The molecule has 4 aliphatic rings. The maximum Gasteiger partial charge on any atom is 0.326 e. The quantitative estimate of drug-likeness (QED) is 0.398. The monoisotopic (exact) mass is 521 g/mol. The lowest BCUT2D eigenvalue weighted by atomic mass is 9.44. The van der Waals surface area contributed by atoms with Crippen molar-refractivity contribution < 1.29 is 24.6 Å². The van der Waals surface area contributed by atoms with Crippen LogP contribution in [-0.4, -0.2) is 52.0 Å². The lowest BCUT2D eigenvalue weighted by Gasteiger charge is -2.60.